The zero-order valence-electron chi connectivity index (χ0n) is 14.9. The third kappa shape index (κ3) is 2.90. The number of carbonyl (C=O) groups excluding carboxylic acids is 1. The summed E-state index contributed by atoms with van der Waals surface area (Å²) in [5, 5.41) is 11.6. The summed E-state index contributed by atoms with van der Waals surface area (Å²) < 4.78 is 5.21. The minimum atomic E-state index is -1.57. The lowest BCUT2D eigenvalue weighted by Crippen LogP contribution is -2.44. The maximum absolute atomic E-state index is 13.3. The van der Waals surface area contributed by atoms with Crippen molar-refractivity contribution in [2.45, 2.75) is 5.72 Å². The van der Waals surface area contributed by atoms with Crippen LogP contribution in [0, 0.1) is 0 Å². The Morgan fingerprint density at radius 2 is 1.44 bits per heavy atom. The Kier molecular flexibility index (Phi) is 4.26. The third-order valence-electron chi connectivity index (χ3n) is 4.73. The van der Waals surface area contributed by atoms with Gasteiger partial charge < -0.3 is 9.84 Å². The van der Waals surface area contributed by atoms with Crippen LogP contribution in [0.2, 0.25) is 0 Å². The monoisotopic (exact) mass is 357 g/mol. The Morgan fingerprint density at radius 1 is 0.852 bits per heavy atom. The number of benzene rings is 3. The van der Waals surface area contributed by atoms with Gasteiger partial charge in [0.25, 0.3) is 5.91 Å². The first-order chi connectivity index (χ1) is 13.1. The Bertz CT molecular complexity index is 981. The molecule has 3 aromatic rings. The largest absolute Gasteiger partial charge is 0.497 e. The van der Waals surface area contributed by atoms with Gasteiger partial charge in [0.2, 0.25) is 0 Å². The van der Waals surface area contributed by atoms with E-state index in [0.29, 0.717) is 22.6 Å². The van der Waals surface area contributed by atoms with Crippen molar-refractivity contribution in [2.24, 2.45) is 0 Å². The van der Waals surface area contributed by atoms with Crippen molar-refractivity contribution >= 4 is 17.2 Å². The van der Waals surface area contributed by atoms with Gasteiger partial charge in [-0.3, -0.25) is 9.69 Å². The highest BCUT2D eigenvalue weighted by molar-refractivity contribution is 6.29. The predicted octanol–water partition coefficient (Wildman–Crippen LogP) is 3.97. The number of hydrogen-bond donors (Lipinski definition) is 1. The molecule has 3 aromatic carbocycles. The van der Waals surface area contributed by atoms with Crippen LogP contribution in [0.4, 0.5) is 5.69 Å². The second kappa shape index (κ2) is 6.74. The number of amides is 1. The van der Waals surface area contributed by atoms with Gasteiger partial charge in [0.15, 0.2) is 5.72 Å². The number of aliphatic hydroxyl groups is 1. The van der Waals surface area contributed by atoms with Crippen molar-refractivity contribution in [3.63, 3.8) is 0 Å². The van der Waals surface area contributed by atoms with Crippen LogP contribution >= 0.6 is 0 Å². The molecule has 0 bridgehead atoms. The fourth-order valence-corrected chi connectivity index (χ4v) is 3.37. The van der Waals surface area contributed by atoms with Crippen molar-refractivity contribution in [3.8, 4) is 5.75 Å². The van der Waals surface area contributed by atoms with Gasteiger partial charge in [0, 0.05) is 16.8 Å². The van der Waals surface area contributed by atoms with Crippen LogP contribution in [-0.2, 0) is 10.5 Å². The van der Waals surface area contributed by atoms with Gasteiger partial charge in [-0.25, -0.2) is 0 Å². The summed E-state index contributed by atoms with van der Waals surface area (Å²) in [5.41, 5.74) is 0.887. The molecule has 0 fully saturated rings. The van der Waals surface area contributed by atoms with Crippen molar-refractivity contribution in [2.75, 3.05) is 12.0 Å². The van der Waals surface area contributed by atoms with E-state index in [4.69, 9.17) is 4.74 Å². The molecule has 1 heterocycles. The highest BCUT2D eigenvalue weighted by Gasteiger charge is 2.46. The first-order valence-corrected chi connectivity index (χ1v) is 8.68. The lowest BCUT2D eigenvalue weighted by atomic mass is 10.00. The first-order valence-electron chi connectivity index (χ1n) is 8.68. The van der Waals surface area contributed by atoms with Crippen LogP contribution in [0.25, 0.3) is 5.57 Å². The van der Waals surface area contributed by atoms with E-state index < -0.39 is 5.72 Å². The molecule has 1 unspecified atom stereocenters. The van der Waals surface area contributed by atoms with Crippen LogP contribution in [0.3, 0.4) is 0 Å². The molecule has 0 aliphatic carbocycles. The van der Waals surface area contributed by atoms with Crippen LogP contribution in [0.1, 0.15) is 11.1 Å². The second-order valence-electron chi connectivity index (χ2n) is 6.35. The van der Waals surface area contributed by atoms with E-state index in [-0.39, 0.29) is 5.91 Å². The Morgan fingerprint density at radius 3 is 2.04 bits per heavy atom. The lowest BCUT2D eigenvalue weighted by molar-refractivity contribution is -0.115. The van der Waals surface area contributed by atoms with Gasteiger partial charge in [0.05, 0.1) is 7.11 Å². The molecule has 1 amide bonds. The molecule has 0 radical (unpaired) electrons. The second-order valence-corrected chi connectivity index (χ2v) is 6.35. The molecule has 27 heavy (non-hydrogen) atoms. The van der Waals surface area contributed by atoms with E-state index in [2.05, 4.69) is 0 Å². The van der Waals surface area contributed by atoms with Gasteiger partial charge in [0.1, 0.15) is 5.75 Å². The molecule has 0 saturated carbocycles. The van der Waals surface area contributed by atoms with E-state index in [1.807, 2.05) is 60.7 Å². The summed E-state index contributed by atoms with van der Waals surface area (Å²) in [4.78, 5) is 14.7. The Hall–Kier alpha value is -3.37. The summed E-state index contributed by atoms with van der Waals surface area (Å²) in [6, 6.07) is 25.7. The smallest absolute Gasteiger partial charge is 0.261 e. The van der Waals surface area contributed by atoms with E-state index in [1.54, 1.807) is 37.5 Å². The highest BCUT2D eigenvalue weighted by Crippen LogP contribution is 2.42. The molecule has 4 nitrogen and oxygen atoms in total. The molecule has 1 aliphatic rings. The number of methoxy groups -OCH3 is 1. The third-order valence-corrected chi connectivity index (χ3v) is 4.73. The van der Waals surface area contributed by atoms with Crippen LogP contribution in [0.15, 0.2) is 91.0 Å². The van der Waals surface area contributed by atoms with E-state index in [0.717, 1.165) is 5.56 Å². The molecule has 0 spiro atoms. The van der Waals surface area contributed by atoms with Crippen molar-refractivity contribution in [3.05, 3.63) is 102 Å². The molecule has 0 aromatic heterocycles. The molecular weight excluding hydrogens is 338 g/mol. The lowest BCUT2D eigenvalue weighted by Gasteiger charge is -2.33. The number of anilines is 1. The van der Waals surface area contributed by atoms with Crippen molar-refractivity contribution in [1.29, 1.82) is 0 Å². The first kappa shape index (κ1) is 17.1. The molecule has 4 rings (SSSR count). The number of hydrogen-bond acceptors (Lipinski definition) is 3. The van der Waals surface area contributed by atoms with Crippen molar-refractivity contribution in [1.82, 2.24) is 0 Å². The topological polar surface area (TPSA) is 49.8 Å². The van der Waals surface area contributed by atoms with Crippen LogP contribution in [0.5, 0.6) is 5.75 Å². The van der Waals surface area contributed by atoms with E-state index >= 15 is 0 Å². The molecule has 134 valence electrons. The molecular formula is C23H19NO3. The van der Waals surface area contributed by atoms with Crippen LogP contribution in [-0.4, -0.2) is 18.1 Å². The summed E-state index contributed by atoms with van der Waals surface area (Å²) in [6.07, 6.45) is 1.63. The Labute approximate surface area is 158 Å². The van der Waals surface area contributed by atoms with Crippen molar-refractivity contribution < 1.29 is 14.6 Å². The average Bonchev–Trinajstić information content (AvgIpc) is 3.01. The fraction of sp³-hybridized carbons (Fsp3) is 0.0870. The van der Waals surface area contributed by atoms with Crippen LogP contribution < -0.4 is 9.64 Å². The van der Waals surface area contributed by atoms with Gasteiger partial charge in [-0.15, -0.1) is 0 Å². The molecule has 1 atom stereocenters. The molecule has 1 N–H and O–H groups in total. The summed E-state index contributed by atoms with van der Waals surface area (Å²) in [5.74, 6) is 0.433. The standard InChI is InChI=1S/C23H19NO3/c1-27-20-14-12-19(13-15-20)24-22(25)21(17-8-4-2-5-9-17)16-23(24,26)18-10-6-3-7-11-18/h2-16,26H,1H3. The maximum Gasteiger partial charge on any atom is 0.261 e. The zero-order valence-corrected chi connectivity index (χ0v) is 14.9. The summed E-state index contributed by atoms with van der Waals surface area (Å²) in [7, 11) is 1.59. The number of carbonyl (C=O) groups is 1. The number of nitrogens with zero attached hydrogens (tertiary/aromatic N) is 1. The quantitative estimate of drug-likeness (QED) is 0.769. The molecule has 4 heteroatoms. The molecule has 0 saturated heterocycles. The zero-order chi connectivity index (χ0) is 18.9. The summed E-state index contributed by atoms with van der Waals surface area (Å²) in [6.45, 7) is 0. The normalized spacial score (nSPS) is 19.1. The van der Waals surface area contributed by atoms with Gasteiger partial charge in [-0.05, 0) is 35.9 Å². The van der Waals surface area contributed by atoms with Gasteiger partial charge in [-0.2, -0.15) is 0 Å². The minimum Gasteiger partial charge on any atom is -0.497 e. The predicted molar refractivity (Wildman–Crippen MR) is 105 cm³/mol. The number of ether oxygens (including phenoxy) is 1. The SMILES string of the molecule is COc1ccc(N2C(=O)C(c3ccccc3)=CC2(O)c2ccccc2)cc1. The highest BCUT2D eigenvalue weighted by atomic mass is 16.5. The Balaban J connectivity index is 1.87. The maximum atomic E-state index is 13.3. The van der Waals surface area contributed by atoms with Gasteiger partial charge >= 0.3 is 0 Å². The minimum absolute atomic E-state index is 0.252. The average molecular weight is 357 g/mol. The number of rotatable bonds is 4. The van der Waals surface area contributed by atoms with E-state index in [9.17, 15) is 9.90 Å². The van der Waals surface area contributed by atoms with E-state index in [1.165, 1.54) is 4.90 Å². The fourth-order valence-electron chi connectivity index (χ4n) is 3.37. The van der Waals surface area contributed by atoms with Gasteiger partial charge in [-0.1, -0.05) is 60.7 Å². The molecule has 1 aliphatic heterocycles. The summed E-state index contributed by atoms with van der Waals surface area (Å²) >= 11 is 0.